The van der Waals surface area contributed by atoms with Gasteiger partial charge in [0.15, 0.2) is 5.65 Å². The van der Waals surface area contributed by atoms with Gasteiger partial charge in [-0.2, -0.15) is 0 Å². The summed E-state index contributed by atoms with van der Waals surface area (Å²) in [5, 5.41) is 9.84. The summed E-state index contributed by atoms with van der Waals surface area (Å²) in [6, 6.07) is 6.08. The minimum absolute atomic E-state index is 0.0978. The zero-order chi connectivity index (χ0) is 13.6. The average molecular weight is 257 g/mol. The highest BCUT2D eigenvalue weighted by Gasteiger charge is 2.17. The van der Waals surface area contributed by atoms with Crippen LogP contribution in [0, 0.1) is 12.7 Å². The van der Waals surface area contributed by atoms with Gasteiger partial charge < -0.3 is 9.67 Å². The first-order valence-corrected chi connectivity index (χ1v) is 5.85. The number of phenolic OH excluding ortho intramolecular Hbond substituents is 1. The van der Waals surface area contributed by atoms with Crippen molar-refractivity contribution in [2.75, 3.05) is 0 Å². The van der Waals surface area contributed by atoms with Crippen molar-refractivity contribution in [1.82, 2.24) is 14.5 Å². The molecule has 0 unspecified atom stereocenters. The number of hydrogen-bond donors (Lipinski definition) is 1. The number of pyridine rings is 1. The van der Waals surface area contributed by atoms with Gasteiger partial charge in [-0.05, 0) is 30.7 Å². The van der Waals surface area contributed by atoms with Crippen LogP contribution in [0.1, 0.15) is 5.56 Å². The first-order valence-electron chi connectivity index (χ1n) is 5.85. The highest BCUT2D eigenvalue weighted by atomic mass is 19.1. The predicted molar refractivity (Wildman–Crippen MR) is 70.3 cm³/mol. The third kappa shape index (κ3) is 1.74. The second-order valence-corrected chi connectivity index (χ2v) is 4.48. The highest BCUT2D eigenvalue weighted by Crippen LogP contribution is 2.32. The topological polar surface area (TPSA) is 50.9 Å². The molecule has 0 spiro atoms. The summed E-state index contributed by atoms with van der Waals surface area (Å²) >= 11 is 0. The Kier molecular flexibility index (Phi) is 2.48. The zero-order valence-corrected chi connectivity index (χ0v) is 10.6. The Morgan fingerprint density at radius 2 is 2.11 bits per heavy atom. The summed E-state index contributed by atoms with van der Waals surface area (Å²) in [6.45, 7) is 1.92. The maximum Gasteiger partial charge on any atom is 0.160 e. The molecular weight excluding hydrogens is 245 g/mol. The fourth-order valence-electron chi connectivity index (χ4n) is 2.13. The second kappa shape index (κ2) is 4.05. The van der Waals surface area contributed by atoms with E-state index < -0.39 is 5.82 Å². The predicted octanol–water partition coefficient (Wildman–Crippen LogP) is 2.79. The minimum atomic E-state index is -0.505. The van der Waals surface area contributed by atoms with Crippen molar-refractivity contribution < 1.29 is 9.50 Å². The molecule has 2 heterocycles. The number of aryl methyl sites for hydroxylation is 2. The van der Waals surface area contributed by atoms with E-state index in [1.165, 1.54) is 18.2 Å². The molecule has 5 heteroatoms. The first kappa shape index (κ1) is 11.6. The van der Waals surface area contributed by atoms with Gasteiger partial charge in [-0.15, -0.1) is 0 Å². The first-order chi connectivity index (χ1) is 9.08. The highest BCUT2D eigenvalue weighted by molar-refractivity contribution is 5.79. The number of hydrogen-bond acceptors (Lipinski definition) is 3. The molecule has 96 valence electrons. The van der Waals surface area contributed by atoms with Crippen molar-refractivity contribution in [2.24, 2.45) is 7.05 Å². The normalized spacial score (nSPS) is 11.1. The summed E-state index contributed by atoms with van der Waals surface area (Å²) in [7, 11) is 1.75. The lowest BCUT2D eigenvalue weighted by molar-refractivity contribution is 0.471. The van der Waals surface area contributed by atoms with Crippen LogP contribution < -0.4 is 0 Å². The van der Waals surface area contributed by atoms with Crippen molar-refractivity contribution in [3.8, 4) is 17.1 Å². The summed E-state index contributed by atoms with van der Waals surface area (Å²) in [4.78, 5) is 8.65. The number of rotatable bonds is 1. The molecular formula is C14H12FN3O. The van der Waals surface area contributed by atoms with E-state index in [2.05, 4.69) is 9.97 Å². The number of benzene rings is 1. The van der Waals surface area contributed by atoms with Crippen molar-refractivity contribution in [2.45, 2.75) is 6.92 Å². The summed E-state index contributed by atoms with van der Waals surface area (Å²) in [6.07, 6.45) is 1.73. The number of nitrogens with zero attached hydrogens (tertiary/aromatic N) is 3. The lowest BCUT2D eigenvalue weighted by Gasteiger charge is -2.05. The largest absolute Gasteiger partial charge is 0.507 e. The maximum absolute atomic E-state index is 13.9. The number of phenols is 1. The molecule has 0 saturated heterocycles. The average Bonchev–Trinajstić information content (AvgIpc) is 2.66. The Balaban J connectivity index is 2.34. The molecule has 4 nitrogen and oxygen atoms in total. The summed E-state index contributed by atoms with van der Waals surface area (Å²) < 4.78 is 15.6. The van der Waals surface area contributed by atoms with Crippen molar-refractivity contribution in [1.29, 1.82) is 0 Å². The van der Waals surface area contributed by atoms with E-state index in [9.17, 15) is 9.50 Å². The molecule has 3 rings (SSSR count). The van der Waals surface area contributed by atoms with E-state index in [0.717, 1.165) is 5.56 Å². The van der Waals surface area contributed by atoms with Crippen molar-refractivity contribution in [3.63, 3.8) is 0 Å². The Morgan fingerprint density at radius 3 is 2.84 bits per heavy atom. The number of aromatic nitrogens is 3. The van der Waals surface area contributed by atoms with Gasteiger partial charge in [0.25, 0.3) is 0 Å². The number of halogens is 1. The quantitative estimate of drug-likeness (QED) is 0.729. The van der Waals surface area contributed by atoms with Crippen LogP contribution in [0.2, 0.25) is 0 Å². The Morgan fingerprint density at radius 1 is 1.32 bits per heavy atom. The van der Waals surface area contributed by atoms with Crippen molar-refractivity contribution in [3.05, 3.63) is 41.8 Å². The fraction of sp³-hybridized carbons (Fsp3) is 0.143. The molecule has 1 aromatic carbocycles. The number of aromatic hydroxyl groups is 1. The van der Waals surface area contributed by atoms with Crippen LogP contribution in [0.4, 0.5) is 4.39 Å². The zero-order valence-electron chi connectivity index (χ0n) is 10.6. The lowest BCUT2D eigenvalue weighted by Crippen LogP contribution is -1.96. The summed E-state index contributed by atoms with van der Waals surface area (Å²) in [5.74, 6) is -0.269. The van der Waals surface area contributed by atoms with E-state index in [0.29, 0.717) is 17.0 Å². The second-order valence-electron chi connectivity index (χ2n) is 4.48. The van der Waals surface area contributed by atoms with Gasteiger partial charge in [0, 0.05) is 13.2 Å². The molecule has 0 radical (unpaired) electrons. The standard InChI is InChI=1S/C14H12FN3O/c1-8-6-10-13(16-7-8)18(2)14(17-10)12-9(15)4-3-5-11(12)19/h3-7,19H,1-2H3. The molecule has 1 N–H and O–H groups in total. The van der Waals surface area contributed by atoms with Gasteiger partial charge in [0.1, 0.15) is 22.9 Å². The van der Waals surface area contributed by atoms with Gasteiger partial charge in [-0.3, -0.25) is 0 Å². The van der Waals surface area contributed by atoms with E-state index in [-0.39, 0.29) is 11.3 Å². The van der Waals surface area contributed by atoms with E-state index in [4.69, 9.17) is 0 Å². The molecule has 19 heavy (non-hydrogen) atoms. The van der Waals surface area contributed by atoms with Crippen LogP contribution in [-0.4, -0.2) is 19.6 Å². The molecule has 0 aliphatic heterocycles. The number of fused-ring (bicyclic) bond motifs is 1. The van der Waals surface area contributed by atoms with E-state index in [1.807, 2.05) is 13.0 Å². The molecule has 0 atom stereocenters. The van der Waals surface area contributed by atoms with Crippen LogP contribution in [0.3, 0.4) is 0 Å². The van der Waals surface area contributed by atoms with Gasteiger partial charge in [-0.25, -0.2) is 14.4 Å². The fourth-order valence-corrected chi connectivity index (χ4v) is 2.13. The smallest absolute Gasteiger partial charge is 0.160 e. The molecule has 0 bridgehead atoms. The molecule has 0 fully saturated rings. The van der Waals surface area contributed by atoms with Crippen LogP contribution in [0.15, 0.2) is 30.5 Å². The Labute approximate surface area is 109 Å². The monoisotopic (exact) mass is 257 g/mol. The maximum atomic E-state index is 13.9. The third-order valence-electron chi connectivity index (χ3n) is 3.06. The lowest BCUT2D eigenvalue weighted by atomic mass is 10.2. The molecule has 0 amide bonds. The minimum Gasteiger partial charge on any atom is -0.507 e. The SMILES string of the molecule is Cc1cnc2c(c1)nc(-c1c(O)cccc1F)n2C. The third-order valence-corrected chi connectivity index (χ3v) is 3.06. The van der Waals surface area contributed by atoms with E-state index in [1.54, 1.807) is 17.8 Å². The van der Waals surface area contributed by atoms with Gasteiger partial charge in [0.05, 0.1) is 5.56 Å². The van der Waals surface area contributed by atoms with Crippen LogP contribution in [-0.2, 0) is 7.05 Å². The molecule has 3 aromatic rings. The van der Waals surface area contributed by atoms with Gasteiger partial charge in [-0.1, -0.05) is 6.07 Å². The molecule has 2 aromatic heterocycles. The van der Waals surface area contributed by atoms with Crippen LogP contribution in [0.25, 0.3) is 22.6 Å². The molecule has 0 aliphatic carbocycles. The van der Waals surface area contributed by atoms with E-state index >= 15 is 0 Å². The Hall–Kier alpha value is -2.43. The number of imidazole rings is 1. The van der Waals surface area contributed by atoms with Gasteiger partial charge in [0.2, 0.25) is 0 Å². The molecule has 0 aliphatic rings. The molecule has 0 saturated carbocycles. The summed E-state index contributed by atoms with van der Waals surface area (Å²) in [5.41, 5.74) is 2.42. The van der Waals surface area contributed by atoms with Crippen LogP contribution in [0.5, 0.6) is 5.75 Å². The van der Waals surface area contributed by atoms with Gasteiger partial charge >= 0.3 is 0 Å². The van der Waals surface area contributed by atoms with Crippen molar-refractivity contribution >= 4 is 11.2 Å². The van der Waals surface area contributed by atoms with Crippen LogP contribution >= 0.6 is 0 Å². The Bertz CT molecular complexity index is 759.